The Balaban J connectivity index is 1.48. The topological polar surface area (TPSA) is 162 Å². The van der Waals surface area contributed by atoms with E-state index in [-0.39, 0.29) is 59.8 Å². The van der Waals surface area contributed by atoms with E-state index in [9.17, 15) is 24.0 Å². The Labute approximate surface area is 365 Å². The zero-order chi connectivity index (χ0) is 44.8. The van der Waals surface area contributed by atoms with Crippen molar-refractivity contribution in [1.82, 2.24) is 35.7 Å². The summed E-state index contributed by atoms with van der Waals surface area (Å²) in [6.07, 6.45) is 2.83. The van der Waals surface area contributed by atoms with E-state index in [1.807, 2.05) is 58.0 Å². The van der Waals surface area contributed by atoms with Gasteiger partial charge in [0.15, 0.2) is 0 Å². The molecule has 344 valence electrons. The summed E-state index contributed by atoms with van der Waals surface area (Å²) in [7, 11) is 4.88. The van der Waals surface area contributed by atoms with Crippen molar-refractivity contribution in [2.45, 2.75) is 136 Å². The number of hydrogen-bond acceptors (Lipinski definition) is 10. The average Bonchev–Trinajstić information content (AvgIpc) is 3.75. The Morgan fingerprint density at radius 1 is 0.869 bits per heavy atom. The van der Waals surface area contributed by atoms with Crippen LogP contribution in [0.4, 0.5) is 0 Å². The number of carbonyl (C=O) groups excluding carboxylic acids is 5. The van der Waals surface area contributed by atoms with Gasteiger partial charge in [-0.2, -0.15) is 0 Å². The predicted molar refractivity (Wildman–Crippen MR) is 235 cm³/mol. The Kier molecular flexibility index (Phi) is 19.9. The number of nitrogens with one attached hydrogen (secondary N) is 3. The third-order valence-corrected chi connectivity index (χ3v) is 13.1. The van der Waals surface area contributed by atoms with Crippen LogP contribution in [0.1, 0.15) is 92.6 Å². The van der Waals surface area contributed by atoms with Crippen LogP contribution in [0, 0.1) is 23.7 Å². The van der Waals surface area contributed by atoms with Gasteiger partial charge in [-0.3, -0.25) is 33.7 Å². The van der Waals surface area contributed by atoms with E-state index in [0.717, 1.165) is 57.4 Å². The van der Waals surface area contributed by atoms with Crippen molar-refractivity contribution in [3.63, 3.8) is 0 Å². The van der Waals surface area contributed by atoms with Crippen LogP contribution in [-0.2, 0) is 44.7 Å². The Bertz CT molecular complexity index is 1550. The van der Waals surface area contributed by atoms with Crippen molar-refractivity contribution in [2.75, 3.05) is 67.1 Å². The molecule has 0 spiro atoms. The maximum Gasteiger partial charge on any atom is 0.269 e. The Morgan fingerprint density at radius 2 is 1.56 bits per heavy atom. The molecule has 4 rings (SSSR count). The first kappa shape index (κ1) is 50.0. The molecule has 15 nitrogen and oxygen atoms in total. The minimum absolute atomic E-state index is 0.0112. The number of carbonyl (C=O) groups is 5. The van der Waals surface area contributed by atoms with Gasteiger partial charge in [-0.1, -0.05) is 85.2 Å². The van der Waals surface area contributed by atoms with E-state index in [1.54, 1.807) is 38.0 Å². The summed E-state index contributed by atoms with van der Waals surface area (Å²) in [5, 5.41) is 10.9. The highest BCUT2D eigenvalue weighted by molar-refractivity contribution is 5.90. The van der Waals surface area contributed by atoms with Crippen LogP contribution in [-0.4, -0.2) is 159 Å². The van der Waals surface area contributed by atoms with Crippen LogP contribution >= 0.6 is 0 Å². The number of methoxy groups -OCH3 is 2. The van der Waals surface area contributed by atoms with Gasteiger partial charge in [0.25, 0.3) is 5.91 Å². The van der Waals surface area contributed by atoms with E-state index in [1.165, 1.54) is 5.06 Å². The zero-order valence-electron chi connectivity index (χ0n) is 38.7. The molecule has 0 aliphatic carbocycles. The Hall–Kier alpha value is -3.63. The van der Waals surface area contributed by atoms with Gasteiger partial charge in [0.05, 0.1) is 49.3 Å². The lowest BCUT2D eigenvalue weighted by Crippen LogP contribution is -2.61. The van der Waals surface area contributed by atoms with Gasteiger partial charge in [0.1, 0.15) is 12.1 Å². The quantitative estimate of drug-likeness (QED) is 0.168. The SMILES string of the molecule is CC[C@H](C)[C@@H](C(CC(=O)N1CCC[C@H]1[C@H](OC)[C@@H](C)C(=O)N[C@@H](Cc1ccccc1)C(=O)N1CCCCO1)OC)N(C)C(=O)[C@@H](NC(=O)[C@H](C(C)C)N1CCNCC1)C(C)C. The summed E-state index contributed by atoms with van der Waals surface area (Å²) < 4.78 is 12.1. The first-order chi connectivity index (χ1) is 29.1. The van der Waals surface area contributed by atoms with Crippen molar-refractivity contribution < 1.29 is 38.3 Å². The molecular formula is C46H77N7O8. The summed E-state index contributed by atoms with van der Waals surface area (Å²) in [4.78, 5) is 82.0. The van der Waals surface area contributed by atoms with Gasteiger partial charge < -0.3 is 35.2 Å². The third kappa shape index (κ3) is 13.2. The number of hydrogen-bond donors (Lipinski definition) is 3. The molecule has 3 aliphatic heterocycles. The molecule has 0 bridgehead atoms. The van der Waals surface area contributed by atoms with Gasteiger partial charge >= 0.3 is 0 Å². The highest BCUT2D eigenvalue weighted by atomic mass is 16.7. The monoisotopic (exact) mass is 856 g/mol. The second kappa shape index (κ2) is 24.3. The van der Waals surface area contributed by atoms with Gasteiger partial charge in [0.2, 0.25) is 23.6 Å². The van der Waals surface area contributed by atoms with Crippen molar-refractivity contribution in [2.24, 2.45) is 23.7 Å². The smallest absolute Gasteiger partial charge is 0.269 e. The molecule has 5 amide bonds. The molecule has 3 aliphatic rings. The fourth-order valence-electron chi connectivity index (χ4n) is 9.43. The standard InChI is InChI=1S/C46H77N7O8/c1-11-32(6)41(50(8)46(58)39(30(2)3)49-44(56)40(31(4)5)51-25-21-47-22-26-51)37(59-9)29-38(54)52-23-17-20-36(52)42(60-10)33(7)43(55)48-35(28-34-18-13-12-14-19-34)45(57)53-24-15-16-27-61-53/h12-14,18-19,30-33,35-37,39-42,47H,11,15-17,20-29H2,1-10H3,(H,48,55)(H,49,56)/t32-,33+,35-,36-,37?,39-,40-,41-,42+/m0/s1. The van der Waals surface area contributed by atoms with Gasteiger partial charge in [-0.15, -0.1) is 0 Å². The van der Waals surface area contributed by atoms with Crippen LogP contribution < -0.4 is 16.0 Å². The van der Waals surface area contributed by atoms with Crippen LogP contribution in [0.5, 0.6) is 0 Å². The third-order valence-electron chi connectivity index (χ3n) is 13.1. The Morgan fingerprint density at radius 3 is 2.13 bits per heavy atom. The second-order valence-corrected chi connectivity index (χ2v) is 18.0. The molecule has 61 heavy (non-hydrogen) atoms. The van der Waals surface area contributed by atoms with E-state index in [4.69, 9.17) is 14.3 Å². The zero-order valence-corrected chi connectivity index (χ0v) is 38.7. The van der Waals surface area contributed by atoms with E-state index in [2.05, 4.69) is 34.7 Å². The summed E-state index contributed by atoms with van der Waals surface area (Å²) >= 11 is 0. The molecule has 3 heterocycles. The minimum atomic E-state index is -0.846. The molecule has 0 radical (unpaired) electrons. The lowest BCUT2D eigenvalue weighted by atomic mass is 9.89. The first-order valence-electron chi connectivity index (χ1n) is 22.8. The molecule has 0 saturated carbocycles. The lowest BCUT2D eigenvalue weighted by Gasteiger charge is -2.41. The molecule has 1 aromatic carbocycles. The number of nitrogens with zero attached hydrogens (tertiary/aromatic N) is 4. The fourth-order valence-corrected chi connectivity index (χ4v) is 9.43. The number of likely N-dealkylation sites (tertiary alicyclic amines) is 1. The number of likely N-dealkylation sites (N-methyl/N-ethyl adjacent to an activating group) is 1. The van der Waals surface area contributed by atoms with Crippen molar-refractivity contribution >= 4 is 29.5 Å². The fraction of sp³-hybridized carbons (Fsp3) is 0.761. The summed E-state index contributed by atoms with van der Waals surface area (Å²) in [6, 6.07) is 6.74. The maximum absolute atomic E-state index is 14.5. The van der Waals surface area contributed by atoms with E-state index in [0.29, 0.717) is 32.5 Å². The molecule has 9 atom stereocenters. The number of rotatable bonds is 21. The molecule has 1 unspecified atom stereocenters. The van der Waals surface area contributed by atoms with Crippen LogP contribution in [0.15, 0.2) is 30.3 Å². The lowest BCUT2D eigenvalue weighted by molar-refractivity contribution is -0.199. The number of piperazine rings is 1. The van der Waals surface area contributed by atoms with Gasteiger partial charge in [0, 0.05) is 67.0 Å². The molecule has 0 aromatic heterocycles. The first-order valence-corrected chi connectivity index (χ1v) is 22.8. The van der Waals surface area contributed by atoms with Gasteiger partial charge in [-0.25, -0.2) is 5.06 Å². The van der Waals surface area contributed by atoms with Crippen molar-refractivity contribution in [3.8, 4) is 0 Å². The van der Waals surface area contributed by atoms with E-state index >= 15 is 0 Å². The molecular weight excluding hydrogens is 779 g/mol. The summed E-state index contributed by atoms with van der Waals surface area (Å²) in [6.45, 7) is 18.4. The number of amides is 5. The molecule has 3 saturated heterocycles. The molecule has 3 fully saturated rings. The highest BCUT2D eigenvalue weighted by Gasteiger charge is 2.44. The van der Waals surface area contributed by atoms with Crippen LogP contribution in [0.25, 0.3) is 0 Å². The number of benzene rings is 1. The number of ether oxygens (including phenoxy) is 2. The molecule has 1 aromatic rings. The largest absolute Gasteiger partial charge is 0.379 e. The maximum atomic E-state index is 14.5. The second-order valence-electron chi connectivity index (χ2n) is 18.0. The van der Waals surface area contributed by atoms with Crippen LogP contribution in [0.3, 0.4) is 0 Å². The predicted octanol–water partition coefficient (Wildman–Crippen LogP) is 3.26. The molecule has 15 heteroatoms. The van der Waals surface area contributed by atoms with Crippen molar-refractivity contribution in [1.29, 1.82) is 0 Å². The minimum Gasteiger partial charge on any atom is -0.379 e. The summed E-state index contributed by atoms with van der Waals surface area (Å²) in [5.41, 5.74) is 0.910. The normalized spacial score (nSPS) is 21.5. The highest BCUT2D eigenvalue weighted by Crippen LogP contribution is 2.30. The van der Waals surface area contributed by atoms with Crippen LogP contribution in [0.2, 0.25) is 0 Å². The van der Waals surface area contributed by atoms with E-state index < -0.39 is 42.3 Å². The van der Waals surface area contributed by atoms with Crippen molar-refractivity contribution in [3.05, 3.63) is 35.9 Å². The average molecular weight is 856 g/mol. The number of hydroxylamine groups is 2. The molecule has 3 N–H and O–H groups in total. The van der Waals surface area contributed by atoms with Gasteiger partial charge in [-0.05, 0) is 49.0 Å². The summed E-state index contributed by atoms with van der Waals surface area (Å²) in [5.74, 6) is -2.03.